The van der Waals surface area contributed by atoms with Crippen LogP contribution in [0.5, 0.6) is 0 Å². The molecule has 0 amide bonds. The molecule has 2 aliphatic rings. The van der Waals surface area contributed by atoms with Gasteiger partial charge in [0.2, 0.25) is 0 Å². The van der Waals surface area contributed by atoms with Crippen molar-refractivity contribution in [3.8, 4) is 0 Å². The van der Waals surface area contributed by atoms with E-state index < -0.39 is 0 Å². The third kappa shape index (κ3) is 3.16. The van der Waals surface area contributed by atoms with Crippen LogP contribution in [0, 0.1) is 0 Å². The summed E-state index contributed by atoms with van der Waals surface area (Å²) in [6.45, 7) is 2.29. The second kappa shape index (κ2) is 5.33. The molecule has 1 aromatic carbocycles. The Morgan fingerprint density at radius 2 is 2.16 bits per heavy atom. The van der Waals surface area contributed by atoms with Crippen molar-refractivity contribution in [2.75, 3.05) is 6.61 Å². The van der Waals surface area contributed by atoms with Crippen LogP contribution in [-0.2, 0) is 9.53 Å². The van der Waals surface area contributed by atoms with E-state index in [9.17, 15) is 4.79 Å². The smallest absolute Gasteiger partial charge is 0.327 e. The molecular weight excluding hydrogens is 238 g/mol. The summed E-state index contributed by atoms with van der Waals surface area (Å²) in [5, 5.41) is 3.40. The molecule has 1 atom stereocenters. The van der Waals surface area contributed by atoms with Gasteiger partial charge in [-0.25, -0.2) is 4.79 Å². The topological polar surface area (TPSA) is 38.3 Å². The highest BCUT2D eigenvalue weighted by atomic mass is 16.5. The van der Waals surface area contributed by atoms with Gasteiger partial charge in [-0.2, -0.15) is 0 Å². The number of ether oxygens (including phenoxy) is 1. The van der Waals surface area contributed by atoms with Crippen molar-refractivity contribution < 1.29 is 9.53 Å². The van der Waals surface area contributed by atoms with Crippen molar-refractivity contribution in [1.29, 1.82) is 0 Å². The molecule has 1 N–H and O–H groups in total. The van der Waals surface area contributed by atoms with Crippen LogP contribution < -0.4 is 5.32 Å². The van der Waals surface area contributed by atoms with E-state index in [1.807, 2.05) is 13.0 Å². The van der Waals surface area contributed by atoms with Gasteiger partial charge in [0.25, 0.3) is 0 Å². The molecule has 0 heterocycles. The van der Waals surface area contributed by atoms with Crippen LogP contribution in [0.3, 0.4) is 0 Å². The van der Waals surface area contributed by atoms with Crippen molar-refractivity contribution in [1.82, 2.24) is 5.32 Å². The number of rotatable bonds is 6. The second-order valence-corrected chi connectivity index (χ2v) is 5.57. The Morgan fingerprint density at radius 1 is 1.37 bits per heavy atom. The van der Waals surface area contributed by atoms with E-state index >= 15 is 0 Å². The zero-order chi connectivity index (χ0) is 13.2. The molecule has 0 radical (unpaired) electrons. The van der Waals surface area contributed by atoms with Crippen LogP contribution in [-0.4, -0.2) is 18.6 Å². The van der Waals surface area contributed by atoms with Crippen molar-refractivity contribution in [2.45, 2.75) is 50.6 Å². The maximum atomic E-state index is 12.1. The van der Waals surface area contributed by atoms with Crippen LogP contribution in [0.1, 0.15) is 55.7 Å². The van der Waals surface area contributed by atoms with Gasteiger partial charge in [-0.05, 0) is 49.7 Å². The predicted octanol–water partition coefficient (Wildman–Crippen LogP) is 2.92. The monoisotopic (exact) mass is 259 g/mol. The van der Waals surface area contributed by atoms with Gasteiger partial charge in [0, 0.05) is 6.04 Å². The zero-order valence-corrected chi connectivity index (χ0v) is 11.4. The minimum atomic E-state index is -0.300. The summed E-state index contributed by atoms with van der Waals surface area (Å²) in [5.41, 5.74) is 2.42. The molecule has 2 saturated carbocycles. The van der Waals surface area contributed by atoms with Crippen LogP contribution in [0.2, 0.25) is 0 Å². The lowest BCUT2D eigenvalue weighted by molar-refractivity contribution is -0.145. The average Bonchev–Trinajstić information content (AvgIpc) is 3.30. The van der Waals surface area contributed by atoms with Crippen molar-refractivity contribution in [2.24, 2.45) is 0 Å². The number of esters is 1. The van der Waals surface area contributed by atoms with Crippen molar-refractivity contribution >= 4 is 5.97 Å². The molecule has 1 aromatic rings. The molecule has 2 fully saturated rings. The first kappa shape index (κ1) is 12.7. The number of carbonyl (C=O) groups is 1. The summed E-state index contributed by atoms with van der Waals surface area (Å²) >= 11 is 0. The third-order valence-corrected chi connectivity index (χ3v) is 3.79. The van der Waals surface area contributed by atoms with Gasteiger partial charge in [-0.1, -0.05) is 24.3 Å². The summed E-state index contributed by atoms with van der Waals surface area (Å²) in [7, 11) is 0. The van der Waals surface area contributed by atoms with Gasteiger partial charge in [-0.3, -0.25) is 5.32 Å². The van der Waals surface area contributed by atoms with Crippen LogP contribution in [0.25, 0.3) is 0 Å². The van der Waals surface area contributed by atoms with Crippen LogP contribution >= 0.6 is 0 Å². The molecule has 1 unspecified atom stereocenters. The Bertz CT molecular complexity index is 464. The number of hydrogen-bond acceptors (Lipinski definition) is 3. The van der Waals surface area contributed by atoms with Crippen molar-refractivity contribution in [3.63, 3.8) is 0 Å². The Balaban J connectivity index is 1.80. The standard InChI is InChI=1S/C16H21NO2/c1-2-19-16(18)15(17-14-8-9-14)13-5-3-4-12(10-13)11-6-7-11/h3-5,10-11,14-15,17H,2,6-9H2,1H3. The van der Waals surface area contributed by atoms with Crippen LogP contribution in [0.4, 0.5) is 0 Å². The molecule has 3 rings (SSSR count). The van der Waals surface area contributed by atoms with E-state index in [4.69, 9.17) is 4.74 Å². The van der Waals surface area contributed by atoms with E-state index in [1.54, 1.807) is 0 Å². The molecule has 0 bridgehead atoms. The highest BCUT2D eigenvalue weighted by Gasteiger charge is 2.31. The Kier molecular flexibility index (Phi) is 3.56. The first-order valence-electron chi connectivity index (χ1n) is 7.30. The van der Waals surface area contributed by atoms with Gasteiger partial charge in [0.15, 0.2) is 0 Å². The first-order chi connectivity index (χ1) is 9.28. The normalized spacial score (nSPS) is 20.1. The van der Waals surface area contributed by atoms with Gasteiger partial charge in [0.05, 0.1) is 6.61 Å². The average molecular weight is 259 g/mol. The van der Waals surface area contributed by atoms with Gasteiger partial charge in [0.1, 0.15) is 6.04 Å². The molecule has 3 nitrogen and oxygen atoms in total. The minimum Gasteiger partial charge on any atom is -0.465 e. The fraction of sp³-hybridized carbons (Fsp3) is 0.562. The zero-order valence-electron chi connectivity index (χ0n) is 11.4. The lowest BCUT2D eigenvalue weighted by Gasteiger charge is -2.18. The molecule has 2 aliphatic carbocycles. The predicted molar refractivity (Wildman–Crippen MR) is 73.9 cm³/mol. The Morgan fingerprint density at radius 3 is 2.79 bits per heavy atom. The molecule has 19 heavy (non-hydrogen) atoms. The van der Waals surface area contributed by atoms with E-state index in [0.29, 0.717) is 18.6 Å². The summed E-state index contributed by atoms with van der Waals surface area (Å²) in [4.78, 5) is 12.1. The SMILES string of the molecule is CCOC(=O)C(NC1CC1)c1cccc(C2CC2)c1. The van der Waals surface area contributed by atoms with E-state index in [2.05, 4.69) is 23.5 Å². The quantitative estimate of drug-likeness (QED) is 0.798. The molecule has 0 saturated heterocycles. The number of benzene rings is 1. The minimum absolute atomic E-state index is 0.151. The molecule has 3 heteroatoms. The third-order valence-electron chi connectivity index (χ3n) is 3.79. The maximum absolute atomic E-state index is 12.1. The highest BCUT2D eigenvalue weighted by Crippen LogP contribution is 2.40. The summed E-state index contributed by atoms with van der Waals surface area (Å²) in [6, 6.07) is 8.62. The van der Waals surface area contributed by atoms with Gasteiger partial charge in [-0.15, -0.1) is 0 Å². The Labute approximate surface area is 114 Å². The number of hydrogen-bond donors (Lipinski definition) is 1. The summed E-state index contributed by atoms with van der Waals surface area (Å²) in [6.07, 6.45) is 4.89. The number of nitrogens with one attached hydrogen (secondary N) is 1. The lowest BCUT2D eigenvalue weighted by atomic mass is 10.0. The van der Waals surface area contributed by atoms with Gasteiger partial charge >= 0.3 is 5.97 Å². The Hall–Kier alpha value is -1.35. The maximum Gasteiger partial charge on any atom is 0.327 e. The largest absolute Gasteiger partial charge is 0.465 e. The van der Waals surface area contributed by atoms with Gasteiger partial charge < -0.3 is 4.74 Å². The molecular formula is C16H21NO2. The highest BCUT2D eigenvalue weighted by molar-refractivity contribution is 5.77. The lowest BCUT2D eigenvalue weighted by Crippen LogP contribution is -2.31. The van der Waals surface area contributed by atoms with Crippen molar-refractivity contribution in [3.05, 3.63) is 35.4 Å². The molecule has 0 spiro atoms. The summed E-state index contributed by atoms with van der Waals surface area (Å²) < 4.78 is 5.20. The summed E-state index contributed by atoms with van der Waals surface area (Å²) in [5.74, 6) is 0.561. The fourth-order valence-electron chi connectivity index (χ4n) is 2.42. The second-order valence-electron chi connectivity index (χ2n) is 5.57. The molecule has 102 valence electrons. The molecule has 0 aliphatic heterocycles. The van der Waals surface area contributed by atoms with E-state index in [1.165, 1.54) is 18.4 Å². The van der Waals surface area contributed by atoms with E-state index in [0.717, 1.165) is 18.4 Å². The van der Waals surface area contributed by atoms with E-state index in [-0.39, 0.29) is 12.0 Å². The number of carbonyl (C=O) groups excluding carboxylic acids is 1. The first-order valence-corrected chi connectivity index (χ1v) is 7.30. The van der Waals surface area contributed by atoms with Crippen LogP contribution in [0.15, 0.2) is 24.3 Å². The fourth-order valence-corrected chi connectivity index (χ4v) is 2.42. The molecule has 0 aromatic heterocycles.